The van der Waals surface area contributed by atoms with Crippen LogP contribution in [0.2, 0.25) is 0 Å². The van der Waals surface area contributed by atoms with Crippen molar-refractivity contribution in [2.45, 2.75) is 25.0 Å². The van der Waals surface area contributed by atoms with E-state index in [-0.39, 0.29) is 18.1 Å². The van der Waals surface area contributed by atoms with Crippen molar-refractivity contribution in [1.82, 2.24) is 10.6 Å². The van der Waals surface area contributed by atoms with Crippen LogP contribution < -0.4 is 10.6 Å². The number of nitrogens with one attached hydrogen (secondary N) is 2. The molecule has 3 N–H and O–H groups in total. The van der Waals surface area contributed by atoms with Crippen molar-refractivity contribution in [2.75, 3.05) is 31.7 Å². The Kier molecular flexibility index (Phi) is 5.90. The van der Waals surface area contributed by atoms with Crippen molar-refractivity contribution in [3.63, 3.8) is 0 Å². The van der Waals surface area contributed by atoms with Gasteiger partial charge >= 0.3 is 5.97 Å². The van der Waals surface area contributed by atoms with Crippen LogP contribution in [0.15, 0.2) is 0 Å². The summed E-state index contributed by atoms with van der Waals surface area (Å²) >= 11 is 1.55. The highest BCUT2D eigenvalue weighted by molar-refractivity contribution is 7.98. The molecule has 1 rings (SSSR count). The molecule has 0 bridgehead atoms. The summed E-state index contributed by atoms with van der Waals surface area (Å²) < 4.78 is 5.44. The molecule has 0 aromatic heterocycles. The summed E-state index contributed by atoms with van der Waals surface area (Å²) in [5, 5.41) is 14.5. The maximum Gasteiger partial charge on any atom is 0.326 e. The van der Waals surface area contributed by atoms with Crippen LogP contribution in [-0.4, -0.2) is 60.3 Å². The molecule has 0 radical (unpaired) electrons. The fraction of sp³-hybridized carbons (Fsp3) is 0.818. The lowest BCUT2D eigenvalue weighted by molar-refractivity contribution is -0.145. The third-order valence-corrected chi connectivity index (χ3v) is 3.44. The highest BCUT2D eigenvalue weighted by Crippen LogP contribution is 2.14. The topological polar surface area (TPSA) is 87.7 Å². The zero-order chi connectivity index (χ0) is 13.6. The van der Waals surface area contributed by atoms with Crippen LogP contribution in [-0.2, 0) is 14.3 Å². The molecular weight excluding hydrogens is 256 g/mol. The Morgan fingerprint density at radius 2 is 2.22 bits per heavy atom. The molecule has 0 aromatic carbocycles. The molecule has 18 heavy (non-hydrogen) atoms. The first-order valence-corrected chi connectivity index (χ1v) is 7.22. The van der Waals surface area contributed by atoms with Crippen molar-refractivity contribution in [3.8, 4) is 0 Å². The van der Waals surface area contributed by atoms with Gasteiger partial charge < -0.3 is 20.5 Å². The van der Waals surface area contributed by atoms with E-state index < -0.39 is 12.0 Å². The number of carboxylic acid groups (broad SMARTS) is 1. The second kappa shape index (κ2) is 6.96. The van der Waals surface area contributed by atoms with Gasteiger partial charge in [-0.3, -0.25) is 4.79 Å². The number of rotatable bonds is 8. The molecule has 7 heteroatoms. The van der Waals surface area contributed by atoms with E-state index in [1.807, 2.05) is 13.2 Å². The number of hydrogen-bond donors (Lipinski definition) is 3. The Morgan fingerprint density at radius 1 is 1.56 bits per heavy atom. The summed E-state index contributed by atoms with van der Waals surface area (Å²) in [5.41, 5.74) is -0.296. The van der Waals surface area contributed by atoms with E-state index in [9.17, 15) is 9.59 Å². The Morgan fingerprint density at radius 3 is 2.67 bits per heavy atom. The lowest BCUT2D eigenvalue weighted by Crippen LogP contribution is -2.60. The number of ether oxygens (including phenoxy) is 1. The zero-order valence-electron chi connectivity index (χ0n) is 10.7. The van der Waals surface area contributed by atoms with Crippen molar-refractivity contribution < 1.29 is 19.4 Å². The maximum atomic E-state index is 11.6. The normalized spacial score (nSPS) is 18.8. The van der Waals surface area contributed by atoms with E-state index in [4.69, 9.17) is 9.84 Å². The summed E-state index contributed by atoms with van der Waals surface area (Å²) in [4.78, 5) is 22.5. The van der Waals surface area contributed by atoms with Crippen molar-refractivity contribution in [2.24, 2.45) is 0 Å². The number of carbonyl (C=O) groups excluding carboxylic acids is 1. The summed E-state index contributed by atoms with van der Waals surface area (Å²) in [5.74, 6) is -0.690. The molecule has 1 heterocycles. The fourth-order valence-electron chi connectivity index (χ4n) is 1.55. The van der Waals surface area contributed by atoms with Crippen LogP contribution in [0.5, 0.6) is 0 Å². The van der Waals surface area contributed by atoms with Gasteiger partial charge in [-0.15, -0.1) is 0 Å². The predicted octanol–water partition coefficient (Wildman–Crippen LogP) is -0.313. The van der Waals surface area contributed by atoms with Gasteiger partial charge in [0.2, 0.25) is 5.91 Å². The molecule has 0 spiro atoms. The van der Waals surface area contributed by atoms with Gasteiger partial charge in [0.15, 0.2) is 0 Å². The highest BCUT2D eigenvalue weighted by Gasteiger charge is 2.33. The third-order valence-electron chi connectivity index (χ3n) is 2.79. The minimum absolute atomic E-state index is 0.0960. The monoisotopic (exact) mass is 276 g/mol. The zero-order valence-corrected chi connectivity index (χ0v) is 11.5. The second-order valence-corrected chi connectivity index (χ2v) is 5.57. The van der Waals surface area contributed by atoms with Gasteiger partial charge in [-0.1, -0.05) is 0 Å². The molecule has 0 saturated carbocycles. The van der Waals surface area contributed by atoms with Gasteiger partial charge in [0, 0.05) is 13.1 Å². The minimum atomic E-state index is -1.01. The molecule has 1 atom stereocenters. The van der Waals surface area contributed by atoms with E-state index in [2.05, 4.69) is 10.6 Å². The molecule has 0 aliphatic carbocycles. The number of carboxylic acids is 1. The minimum Gasteiger partial charge on any atom is -0.480 e. The molecule has 1 fully saturated rings. The standard InChI is InChI=1S/C11H20N2O4S/c1-11(6-12-7-11)17-5-9(14)13-8(10(15)16)3-4-18-2/h8,12H,3-7H2,1-2H3,(H,13,14)(H,15,16)/t8-/m1/s1. The molecular formula is C11H20N2O4S. The highest BCUT2D eigenvalue weighted by atomic mass is 32.2. The molecule has 6 nitrogen and oxygen atoms in total. The van der Waals surface area contributed by atoms with Crippen LogP contribution in [0.25, 0.3) is 0 Å². The van der Waals surface area contributed by atoms with Crippen molar-refractivity contribution >= 4 is 23.6 Å². The van der Waals surface area contributed by atoms with Crippen LogP contribution >= 0.6 is 11.8 Å². The quantitative estimate of drug-likeness (QED) is 0.563. The number of thioether (sulfide) groups is 1. The van der Waals surface area contributed by atoms with Gasteiger partial charge in [-0.25, -0.2) is 4.79 Å². The number of aliphatic carboxylic acids is 1. The number of carbonyl (C=O) groups is 2. The van der Waals surface area contributed by atoms with Gasteiger partial charge in [0.05, 0.1) is 5.60 Å². The first-order valence-electron chi connectivity index (χ1n) is 5.82. The largest absolute Gasteiger partial charge is 0.480 e. The molecule has 1 aliphatic heterocycles. The van der Waals surface area contributed by atoms with E-state index in [1.165, 1.54) is 0 Å². The van der Waals surface area contributed by atoms with Crippen molar-refractivity contribution in [1.29, 1.82) is 0 Å². The van der Waals surface area contributed by atoms with Gasteiger partial charge in [-0.2, -0.15) is 11.8 Å². The van der Waals surface area contributed by atoms with E-state index in [0.717, 1.165) is 13.1 Å². The molecule has 104 valence electrons. The molecule has 1 saturated heterocycles. The number of amides is 1. The molecule has 1 aliphatic rings. The van der Waals surface area contributed by atoms with Crippen LogP contribution in [0.1, 0.15) is 13.3 Å². The van der Waals surface area contributed by atoms with Gasteiger partial charge in [0.1, 0.15) is 12.6 Å². The molecule has 1 amide bonds. The van der Waals surface area contributed by atoms with Crippen LogP contribution in [0, 0.1) is 0 Å². The fourth-order valence-corrected chi connectivity index (χ4v) is 2.02. The second-order valence-electron chi connectivity index (χ2n) is 4.58. The SMILES string of the molecule is CSCC[C@@H](NC(=O)COC1(C)CNC1)C(=O)O. The molecule has 0 unspecified atom stereocenters. The Hall–Kier alpha value is -0.790. The van der Waals surface area contributed by atoms with E-state index in [1.54, 1.807) is 11.8 Å². The average Bonchev–Trinajstić information content (AvgIpc) is 2.29. The lowest BCUT2D eigenvalue weighted by atomic mass is 10.0. The van der Waals surface area contributed by atoms with Crippen molar-refractivity contribution in [3.05, 3.63) is 0 Å². The van der Waals surface area contributed by atoms with Gasteiger partial charge in [0.25, 0.3) is 0 Å². The molecule has 0 aromatic rings. The summed E-state index contributed by atoms with van der Waals surface area (Å²) in [6.45, 7) is 3.25. The maximum absolute atomic E-state index is 11.6. The predicted molar refractivity (Wildman–Crippen MR) is 69.8 cm³/mol. The van der Waals surface area contributed by atoms with Crippen LogP contribution in [0.4, 0.5) is 0 Å². The average molecular weight is 276 g/mol. The van der Waals surface area contributed by atoms with Gasteiger partial charge in [-0.05, 0) is 25.4 Å². The van der Waals surface area contributed by atoms with Crippen LogP contribution in [0.3, 0.4) is 0 Å². The Balaban J connectivity index is 2.29. The summed E-state index contributed by atoms with van der Waals surface area (Å²) in [6, 6.07) is -0.833. The van der Waals surface area contributed by atoms with E-state index in [0.29, 0.717) is 12.2 Å². The smallest absolute Gasteiger partial charge is 0.326 e. The Bertz CT molecular complexity index is 307. The lowest BCUT2D eigenvalue weighted by Gasteiger charge is -2.38. The van der Waals surface area contributed by atoms with E-state index >= 15 is 0 Å². The summed E-state index contributed by atoms with van der Waals surface area (Å²) in [7, 11) is 0. The first kappa shape index (κ1) is 15.3. The first-order chi connectivity index (χ1) is 8.47. The summed E-state index contributed by atoms with van der Waals surface area (Å²) in [6.07, 6.45) is 2.31. The Labute approximate surface area is 111 Å². The number of hydrogen-bond acceptors (Lipinski definition) is 5. The third kappa shape index (κ3) is 4.83.